The van der Waals surface area contributed by atoms with Crippen molar-refractivity contribution < 1.29 is 4.79 Å². The van der Waals surface area contributed by atoms with Crippen LogP contribution in [0.15, 0.2) is 24.4 Å². The molecule has 0 saturated carbocycles. The van der Waals surface area contributed by atoms with E-state index in [1.54, 1.807) is 12.3 Å². The van der Waals surface area contributed by atoms with Crippen molar-refractivity contribution in [2.45, 2.75) is 27.2 Å². The molecule has 0 aliphatic heterocycles. The van der Waals surface area contributed by atoms with E-state index in [0.29, 0.717) is 12.2 Å². The summed E-state index contributed by atoms with van der Waals surface area (Å²) in [5.74, 6) is 0.623. The fourth-order valence-corrected chi connectivity index (χ4v) is 1.11. The van der Waals surface area contributed by atoms with Gasteiger partial charge in [-0.15, -0.1) is 0 Å². The van der Waals surface area contributed by atoms with Crippen LogP contribution in [0.5, 0.6) is 0 Å². The second kappa shape index (κ2) is 4.22. The highest BCUT2D eigenvalue weighted by molar-refractivity contribution is 5.90. The zero-order valence-corrected chi connectivity index (χ0v) is 8.87. The average Bonchev–Trinajstić information content (AvgIpc) is 2.02. The second-order valence-electron chi connectivity index (χ2n) is 4.50. The van der Waals surface area contributed by atoms with Crippen molar-refractivity contribution in [1.29, 1.82) is 0 Å². The molecule has 0 aliphatic carbocycles. The van der Waals surface area contributed by atoms with E-state index < -0.39 is 0 Å². The van der Waals surface area contributed by atoms with E-state index in [0.717, 1.165) is 0 Å². The molecule has 1 aromatic heterocycles. The molecule has 1 amide bonds. The lowest BCUT2D eigenvalue weighted by atomic mass is 9.92. The van der Waals surface area contributed by atoms with Crippen molar-refractivity contribution in [3.63, 3.8) is 0 Å². The molecule has 0 radical (unpaired) electrons. The van der Waals surface area contributed by atoms with Crippen molar-refractivity contribution in [2.75, 3.05) is 5.32 Å². The minimum Gasteiger partial charge on any atom is -0.311 e. The van der Waals surface area contributed by atoms with Crippen molar-refractivity contribution in [1.82, 2.24) is 4.98 Å². The summed E-state index contributed by atoms with van der Waals surface area (Å²) < 4.78 is 0. The fraction of sp³-hybridized carbons (Fsp3) is 0.455. The van der Waals surface area contributed by atoms with Crippen LogP contribution in [0.3, 0.4) is 0 Å². The molecule has 0 bridgehead atoms. The van der Waals surface area contributed by atoms with Gasteiger partial charge in [0.05, 0.1) is 0 Å². The van der Waals surface area contributed by atoms with Gasteiger partial charge in [0.15, 0.2) is 0 Å². The first-order valence-electron chi connectivity index (χ1n) is 4.68. The van der Waals surface area contributed by atoms with E-state index in [1.165, 1.54) is 0 Å². The highest BCUT2D eigenvalue weighted by Gasteiger charge is 2.15. The number of anilines is 1. The monoisotopic (exact) mass is 192 g/mol. The molecule has 0 saturated heterocycles. The highest BCUT2D eigenvalue weighted by Crippen LogP contribution is 2.18. The van der Waals surface area contributed by atoms with Gasteiger partial charge in [-0.2, -0.15) is 0 Å². The van der Waals surface area contributed by atoms with Crippen molar-refractivity contribution in [3.05, 3.63) is 24.4 Å². The average molecular weight is 192 g/mol. The molecule has 1 aromatic rings. The van der Waals surface area contributed by atoms with E-state index in [2.05, 4.69) is 10.3 Å². The molecule has 0 fully saturated rings. The number of pyridine rings is 1. The van der Waals surface area contributed by atoms with Gasteiger partial charge in [-0.05, 0) is 17.5 Å². The fourth-order valence-electron chi connectivity index (χ4n) is 1.11. The first kappa shape index (κ1) is 10.7. The normalized spacial score (nSPS) is 11.1. The Morgan fingerprint density at radius 1 is 1.43 bits per heavy atom. The SMILES string of the molecule is CC(C)(C)CC(=O)Nc1ccccn1. The molecule has 0 aliphatic rings. The number of nitrogens with one attached hydrogen (secondary N) is 1. The highest BCUT2D eigenvalue weighted by atomic mass is 16.1. The lowest BCUT2D eigenvalue weighted by Gasteiger charge is -2.16. The topological polar surface area (TPSA) is 42.0 Å². The molecule has 1 N–H and O–H groups in total. The Bertz CT molecular complexity index is 301. The maximum Gasteiger partial charge on any atom is 0.226 e. The van der Waals surface area contributed by atoms with Crippen LogP contribution in [-0.4, -0.2) is 10.9 Å². The Kier molecular flexibility index (Phi) is 3.23. The predicted molar refractivity (Wildman–Crippen MR) is 56.9 cm³/mol. The number of hydrogen-bond acceptors (Lipinski definition) is 2. The quantitative estimate of drug-likeness (QED) is 0.782. The predicted octanol–water partition coefficient (Wildman–Crippen LogP) is 2.46. The van der Waals surface area contributed by atoms with Crippen LogP contribution in [0.4, 0.5) is 5.82 Å². The Labute approximate surface area is 84.6 Å². The Balaban J connectivity index is 2.50. The van der Waals surface area contributed by atoms with E-state index in [9.17, 15) is 4.79 Å². The Hall–Kier alpha value is -1.38. The van der Waals surface area contributed by atoms with E-state index >= 15 is 0 Å². The van der Waals surface area contributed by atoms with E-state index in [4.69, 9.17) is 0 Å². The number of hydrogen-bond donors (Lipinski definition) is 1. The summed E-state index contributed by atoms with van der Waals surface area (Å²) in [5.41, 5.74) is 0.0128. The van der Waals surface area contributed by atoms with Gasteiger partial charge in [0.2, 0.25) is 5.91 Å². The number of amides is 1. The largest absolute Gasteiger partial charge is 0.311 e. The standard InChI is InChI=1S/C11H16N2O/c1-11(2,3)8-10(14)13-9-6-4-5-7-12-9/h4-7H,8H2,1-3H3,(H,12,13,14). The smallest absolute Gasteiger partial charge is 0.226 e. The number of carbonyl (C=O) groups excluding carboxylic acids is 1. The Morgan fingerprint density at radius 2 is 2.14 bits per heavy atom. The minimum absolute atomic E-state index is 0.0104. The summed E-state index contributed by atoms with van der Waals surface area (Å²) in [7, 11) is 0. The first-order valence-corrected chi connectivity index (χ1v) is 4.68. The van der Waals surface area contributed by atoms with Crippen molar-refractivity contribution >= 4 is 11.7 Å². The lowest BCUT2D eigenvalue weighted by molar-refractivity contribution is -0.117. The maximum atomic E-state index is 11.5. The van der Waals surface area contributed by atoms with Crippen molar-refractivity contribution in [3.8, 4) is 0 Å². The molecule has 0 unspecified atom stereocenters. The zero-order valence-electron chi connectivity index (χ0n) is 8.87. The number of nitrogens with zero attached hydrogens (tertiary/aromatic N) is 1. The van der Waals surface area contributed by atoms with E-state index in [1.807, 2.05) is 32.9 Å². The molecule has 0 atom stereocenters. The molecule has 1 heterocycles. The number of rotatable bonds is 2. The summed E-state index contributed by atoms with van der Waals surface area (Å²) in [5, 5.41) is 2.75. The van der Waals surface area contributed by atoms with Gasteiger partial charge in [0, 0.05) is 12.6 Å². The molecule has 0 spiro atoms. The maximum absolute atomic E-state index is 11.5. The van der Waals surface area contributed by atoms with Crippen LogP contribution >= 0.6 is 0 Å². The summed E-state index contributed by atoms with van der Waals surface area (Å²) in [6.07, 6.45) is 2.16. The zero-order chi connectivity index (χ0) is 10.6. The third-order valence-electron chi connectivity index (χ3n) is 1.62. The third kappa shape index (κ3) is 4.03. The van der Waals surface area contributed by atoms with Crippen LogP contribution in [0.1, 0.15) is 27.2 Å². The van der Waals surface area contributed by atoms with Crippen LogP contribution in [0.25, 0.3) is 0 Å². The van der Waals surface area contributed by atoms with Gasteiger partial charge in [-0.3, -0.25) is 4.79 Å². The van der Waals surface area contributed by atoms with Crippen LogP contribution in [0.2, 0.25) is 0 Å². The summed E-state index contributed by atoms with van der Waals surface area (Å²) >= 11 is 0. The molecule has 14 heavy (non-hydrogen) atoms. The summed E-state index contributed by atoms with van der Waals surface area (Å²) in [6, 6.07) is 5.44. The number of aromatic nitrogens is 1. The summed E-state index contributed by atoms with van der Waals surface area (Å²) in [4.78, 5) is 15.5. The molecule has 76 valence electrons. The number of carbonyl (C=O) groups is 1. The molecule has 3 heteroatoms. The molecule has 0 aromatic carbocycles. The molecule has 3 nitrogen and oxygen atoms in total. The minimum atomic E-state index is 0.0104. The van der Waals surface area contributed by atoms with Crippen molar-refractivity contribution in [2.24, 2.45) is 5.41 Å². The first-order chi connectivity index (χ1) is 6.47. The third-order valence-corrected chi connectivity index (χ3v) is 1.62. The van der Waals surface area contributed by atoms with Crippen LogP contribution in [-0.2, 0) is 4.79 Å². The van der Waals surface area contributed by atoms with Crippen LogP contribution in [0, 0.1) is 5.41 Å². The van der Waals surface area contributed by atoms with Gasteiger partial charge in [0.25, 0.3) is 0 Å². The van der Waals surface area contributed by atoms with Gasteiger partial charge < -0.3 is 5.32 Å². The second-order valence-corrected chi connectivity index (χ2v) is 4.50. The lowest BCUT2D eigenvalue weighted by Crippen LogP contribution is -2.20. The van der Waals surface area contributed by atoms with E-state index in [-0.39, 0.29) is 11.3 Å². The molecule has 1 rings (SSSR count). The van der Waals surface area contributed by atoms with Gasteiger partial charge in [-0.1, -0.05) is 26.8 Å². The molecular weight excluding hydrogens is 176 g/mol. The van der Waals surface area contributed by atoms with Gasteiger partial charge >= 0.3 is 0 Å². The van der Waals surface area contributed by atoms with Gasteiger partial charge in [0.1, 0.15) is 5.82 Å². The Morgan fingerprint density at radius 3 is 2.64 bits per heavy atom. The summed E-state index contributed by atoms with van der Waals surface area (Å²) in [6.45, 7) is 6.10. The van der Waals surface area contributed by atoms with Gasteiger partial charge in [-0.25, -0.2) is 4.98 Å². The molecular formula is C11H16N2O. The van der Waals surface area contributed by atoms with Crippen LogP contribution < -0.4 is 5.32 Å².